The molecule has 0 saturated carbocycles. The topological polar surface area (TPSA) is 53.8 Å². The fraction of sp³-hybridized carbons (Fsp3) is 0.167. The second kappa shape index (κ2) is 7.31. The maximum absolute atomic E-state index is 11.8. The third-order valence-corrected chi connectivity index (χ3v) is 3.21. The summed E-state index contributed by atoms with van der Waals surface area (Å²) in [5, 5.41) is 2.62. The minimum atomic E-state index is -0.138. The molecule has 0 bridgehead atoms. The number of carbonyl (C=O) groups excluding carboxylic acids is 1. The predicted molar refractivity (Wildman–Crippen MR) is 92.0 cm³/mol. The molecule has 2 rings (SSSR count). The summed E-state index contributed by atoms with van der Waals surface area (Å²) in [6, 6.07) is 15.2. The molecular formula is C18H19N3O. The van der Waals surface area contributed by atoms with Gasteiger partial charge < -0.3 is 5.32 Å². The molecule has 0 unspecified atom stereocenters. The number of benzene rings is 2. The Bertz CT molecular complexity index is 718. The number of nitrogens with zero attached hydrogens (tertiary/aromatic N) is 2. The fourth-order valence-corrected chi connectivity index (χ4v) is 2.07. The van der Waals surface area contributed by atoms with Crippen molar-refractivity contribution in [1.29, 1.82) is 0 Å². The van der Waals surface area contributed by atoms with Crippen LogP contribution in [0.4, 0.5) is 11.4 Å². The van der Waals surface area contributed by atoms with Crippen molar-refractivity contribution in [2.75, 3.05) is 7.05 Å². The average Bonchev–Trinajstić information content (AvgIpc) is 2.56. The van der Waals surface area contributed by atoms with Crippen LogP contribution in [0.2, 0.25) is 0 Å². The second-order valence-corrected chi connectivity index (χ2v) is 4.73. The van der Waals surface area contributed by atoms with Gasteiger partial charge in [0.15, 0.2) is 0 Å². The average molecular weight is 293 g/mol. The first-order valence-electron chi connectivity index (χ1n) is 7.11. The van der Waals surface area contributed by atoms with E-state index >= 15 is 0 Å². The molecule has 0 aliphatic carbocycles. The highest BCUT2D eigenvalue weighted by Gasteiger charge is 2.08. The molecule has 0 aromatic heterocycles. The molecule has 0 saturated heterocycles. The van der Waals surface area contributed by atoms with Crippen LogP contribution < -0.4 is 5.32 Å². The molecule has 0 radical (unpaired) electrons. The van der Waals surface area contributed by atoms with Gasteiger partial charge in [0.25, 0.3) is 5.91 Å². The van der Waals surface area contributed by atoms with Gasteiger partial charge in [-0.3, -0.25) is 14.8 Å². The highest BCUT2D eigenvalue weighted by molar-refractivity contribution is 6.02. The lowest BCUT2D eigenvalue weighted by atomic mass is 10.1. The summed E-state index contributed by atoms with van der Waals surface area (Å²) in [5.74, 6) is -0.138. The van der Waals surface area contributed by atoms with Crippen molar-refractivity contribution in [2.45, 2.75) is 13.8 Å². The van der Waals surface area contributed by atoms with Crippen molar-refractivity contribution in [1.82, 2.24) is 5.32 Å². The van der Waals surface area contributed by atoms with Crippen LogP contribution in [0.25, 0.3) is 0 Å². The fourth-order valence-electron chi connectivity index (χ4n) is 2.07. The summed E-state index contributed by atoms with van der Waals surface area (Å²) < 4.78 is 0. The van der Waals surface area contributed by atoms with Gasteiger partial charge in [0.05, 0.1) is 11.4 Å². The van der Waals surface area contributed by atoms with Gasteiger partial charge in [-0.15, -0.1) is 0 Å². The Hall–Kier alpha value is -2.75. The second-order valence-electron chi connectivity index (χ2n) is 4.73. The van der Waals surface area contributed by atoms with Crippen molar-refractivity contribution in [3.8, 4) is 0 Å². The summed E-state index contributed by atoms with van der Waals surface area (Å²) in [4.78, 5) is 20.8. The number of aliphatic imine (C=N–C) groups is 2. The summed E-state index contributed by atoms with van der Waals surface area (Å²) >= 11 is 0. The van der Waals surface area contributed by atoms with E-state index in [4.69, 9.17) is 0 Å². The van der Waals surface area contributed by atoms with E-state index in [0.717, 1.165) is 17.0 Å². The zero-order valence-corrected chi connectivity index (χ0v) is 13.0. The molecule has 0 fully saturated rings. The molecule has 0 aliphatic rings. The van der Waals surface area contributed by atoms with E-state index in [1.165, 1.54) is 0 Å². The van der Waals surface area contributed by atoms with Crippen LogP contribution in [0, 0.1) is 0 Å². The third kappa shape index (κ3) is 3.67. The number of hydrogen-bond donors (Lipinski definition) is 1. The molecule has 1 N–H and O–H groups in total. The largest absolute Gasteiger partial charge is 0.355 e. The maximum Gasteiger partial charge on any atom is 0.251 e. The van der Waals surface area contributed by atoms with Gasteiger partial charge >= 0.3 is 0 Å². The standard InChI is InChI=1S/C18H19N3O/c1-4-20-16-11-10-15(18(22)19-3)12-17(16)21-13(2)14-8-6-5-7-9-14/h4-12H,1-3H3,(H,19,22)/b20-4-,21-13+. The summed E-state index contributed by atoms with van der Waals surface area (Å²) in [7, 11) is 1.61. The van der Waals surface area contributed by atoms with Gasteiger partial charge in [-0.25, -0.2) is 0 Å². The Balaban J connectivity index is 2.49. The molecule has 2 aromatic rings. The first-order valence-corrected chi connectivity index (χ1v) is 7.11. The molecule has 2 aromatic carbocycles. The minimum Gasteiger partial charge on any atom is -0.355 e. The Labute approximate surface area is 130 Å². The Morgan fingerprint density at radius 2 is 1.77 bits per heavy atom. The minimum absolute atomic E-state index is 0.138. The number of hydrogen-bond acceptors (Lipinski definition) is 3. The van der Waals surface area contributed by atoms with E-state index in [1.807, 2.05) is 50.2 Å². The van der Waals surface area contributed by atoms with Crippen LogP contribution in [0.5, 0.6) is 0 Å². The molecule has 1 amide bonds. The molecular weight excluding hydrogens is 274 g/mol. The van der Waals surface area contributed by atoms with Crippen LogP contribution in [-0.2, 0) is 0 Å². The number of amides is 1. The number of nitrogens with one attached hydrogen (secondary N) is 1. The van der Waals surface area contributed by atoms with E-state index in [9.17, 15) is 4.79 Å². The molecule has 4 nitrogen and oxygen atoms in total. The van der Waals surface area contributed by atoms with Gasteiger partial charge in [0.2, 0.25) is 0 Å². The number of carbonyl (C=O) groups is 1. The third-order valence-electron chi connectivity index (χ3n) is 3.21. The zero-order chi connectivity index (χ0) is 15.9. The lowest BCUT2D eigenvalue weighted by Gasteiger charge is -2.06. The molecule has 112 valence electrons. The highest BCUT2D eigenvalue weighted by atomic mass is 16.1. The molecule has 0 heterocycles. The summed E-state index contributed by atoms with van der Waals surface area (Å²) in [6.45, 7) is 3.80. The zero-order valence-electron chi connectivity index (χ0n) is 13.0. The Morgan fingerprint density at radius 3 is 2.41 bits per heavy atom. The van der Waals surface area contributed by atoms with E-state index in [0.29, 0.717) is 11.3 Å². The van der Waals surface area contributed by atoms with Gasteiger partial charge in [-0.1, -0.05) is 30.3 Å². The van der Waals surface area contributed by atoms with Gasteiger partial charge in [-0.05, 0) is 37.6 Å². The van der Waals surface area contributed by atoms with Crippen LogP contribution in [-0.4, -0.2) is 24.9 Å². The summed E-state index contributed by atoms with van der Waals surface area (Å²) in [6.07, 6.45) is 1.71. The maximum atomic E-state index is 11.8. The molecule has 0 atom stereocenters. The monoisotopic (exact) mass is 293 g/mol. The molecule has 4 heteroatoms. The van der Waals surface area contributed by atoms with Crippen molar-refractivity contribution < 1.29 is 4.79 Å². The molecule has 0 spiro atoms. The van der Waals surface area contributed by atoms with Crippen molar-refractivity contribution >= 4 is 29.2 Å². The van der Waals surface area contributed by atoms with E-state index in [-0.39, 0.29) is 5.91 Å². The predicted octanol–water partition coefficient (Wildman–Crippen LogP) is 3.91. The van der Waals surface area contributed by atoms with Gasteiger partial charge in [-0.2, -0.15) is 0 Å². The smallest absolute Gasteiger partial charge is 0.251 e. The Morgan fingerprint density at radius 1 is 1.05 bits per heavy atom. The van der Waals surface area contributed by atoms with Crippen molar-refractivity contribution in [3.05, 3.63) is 59.7 Å². The van der Waals surface area contributed by atoms with Gasteiger partial charge in [0.1, 0.15) is 0 Å². The van der Waals surface area contributed by atoms with Crippen molar-refractivity contribution in [3.63, 3.8) is 0 Å². The van der Waals surface area contributed by atoms with Crippen molar-refractivity contribution in [2.24, 2.45) is 9.98 Å². The van der Waals surface area contributed by atoms with E-state index < -0.39 is 0 Å². The van der Waals surface area contributed by atoms with E-state index in [1.54, 1.807) is 25.4 Å². The van der Waals surface area contributed by atoms with Gasteiger partial charge in [0, 0.05) is 24.5 Å². The first kappa shape index (κ1) is 15.6. The quantitative estimate of drug-likeness (QED) is 0.854. The summed E-state index contributed by atoms with van der Waals surface area (Å²) in [5.41, 5.74) is 3.91. The lowest BCUT2D eigenvalue weighted by molar-refractivity contribution is 0.0963. The normalized spacial score (nSPS) is 11.7. The Kier molecular flexibility index (Phi) is 5.20. The lowest BCUT2D eigenvalue weighted by Crippen LogP contribution is -2.17. The molecule has 22 heavy (non-hydrogen) atoms. The van der Waals surface area contributed by atoms with Crippen LogP contribution in [0.3, 0.4) is 0 Å². The van der Waals surface area contributed by atoms with Crippen LogP contribution in [0.15, 0.2) is 58.5 Å². The van der Waals surface area contributed by atoms with Crippen LogP contribution in [0.1, 0.15) is 29.8 Å². The SMILES string of the molecule is C/C=N\c1ccc(C(=O)NC)cc1/N=C(\C)c1ccccc1. The number of rotatable bonds is 4. The first-order chi connectivity index (χ1) is 10.7. The van der Waals surface area contributed by atoms with E-state index in [2.05, 4.69) is 15.3 Å². The van der Waals surface area contributed by atoms with Crippen LogP contribution >= 0.6 is 0 Å². The highest BCUT2D eigenvalue weighted by Crippen LogP contribution is 2.29. The molecule has 0 aliphatic heterocycles.